The summed E-state index contributed by atoms with van der Waals surface area (Å²) in [6.45, 7) is 2.53. The molecular formula is C17H16Cl2FN5O. The highest BCUT2D eigenvalue weighted by Gasteiger charge is 2.12. The van der Waals surface area contributed by atoms with Crippen molar-refractivity contribution in [2.45, 2.75) is 26.4 Å². The van der Waals surface area contributed by atoms with E-state index in [1.165, 1.54) is 12.1 Å². The van der Waals surface area contributed by atoms with Crippen LogP contribution < -0.4 is 5.32 Å². The van der Waals surface area contributed by atoms with Crippen molar-refractivity contribution in [3.05, 3.63) is 63.8 Å². The van der Waals surface area contributed by atoms with E-state index >= 15 is 0 Å². The first-order valence-corrected chi connectivity index (χ1v) is 8.63. The van der Waals surface area contributed by atoms with Gasteiger partial charge >= 0.3 is 0 Å². The first-order valence-electron chi connectivity index (χ1n) is 7.87. The van der Waals surface area contributed by atoms with Gasteiger partial charge in [0.2, 0.25) is 5.91 Å². The summed E-state index contributed by atoms with van der Waals surface area (Å²) in [7, 11) is 0. The first-order chi connectivity index (χ1) is 12.4. The molecule has 1 aromatic carbocycles. The third kappa shape index (κ3) is 4.62. The summed E-state index contributed by atoms with van der Waals surface area (Å²) in [6.07, 6.45) is 3.45. The highest BCUT2D eigenvalue weighted by Crippen LogP contribution is 2.20. The molecule has 0 aliphatic heterocycles. The number of carbonyl (C=O) groups is 1. The minimum absolute atomic E-state index is 0.199. The summed E-state index contributed by atoms with van der Waals surface area (Å²) in [5.41, 5.74) is 1.46. The summed E-state index contributed by atoms with van der Waals surface area (Å²) in [5, 5.41) is 12.0. The summed E-state index contributed by atoms with van der Waals surface area (Å²) < 4.78 is 16.4. The molecule has 1 N–H and O–H groups in total. The molecule has 26 heavy (non-hydrogen) atoms. The van der Waals surface area contributed by atoms with Gasteiger partial charge in [-0.2, -0.15) is 10.2 Å². The lowest BCUT2D eigenvalue weighted by atomic mass is 10.2. The van der Waals surface area contributed by atoms with Crippen molar-refractivity contribution in [2.24, 2.45) is 0 Å². The van der Waals surface area contributed by atoms with E-state index in [4.69, 9.17) is 23.2 Å². The van der Waals surface area contributed by atoms with Gasteiger partial charge < -0.3 is 5.32 Å². The molecule has 0 aliphatic carbocycles. The molecule has 0 aliphatic rings. The number of aryl methyl sites for hydroxylation is 2. The predicted molar refractivity (Wildman–Crippen MR) is 98.0 cm³/mol. The minimum atomic E-state index is -0.316. The molecular weight excluding hydrogens is 380 g/mol. The summed E-state index contributed by atoms with van der Waals surface area (Å²) >= 11 is 12.1. The molecule has 1 amide bonds. The monoisotopic (exact) mass is 395 g/mol. The normalized spacial score (nSPS) is 10.9. The van der Waals surface area contributed by atoms with Crippen LogP contribution in [0.5, 0.6) is 0 Å². The number of carbonyl (C=O) groups excluding carboxylic acids is 1. The molecule has 0 saturated carbocycles. The number of anilines is 1. The maximum atomic E-state index is 13.2. The zero-order valence-corrected chi connectivity index (χ0v) is 15.4. The van der Waals surface area contributed by atoms with Crippen molar-refractivity contribution in [1.82, 2.24) is 19.6 Å². The average Bonchev–Trinajstić information content (AvgIpc) is 3.08. The smallest absolute Gasteiger partial charge is 0.227 e. The maximum absolute atomic E-state index is 13.2. The first kappa shape index (κ1) is 18.4. The Morgan fingerprint density at radius 2 is 1.96 bits per heavy atom. The third-order valence-corrected chi connectivity index (χ3v) is 4.31. The number of rotatable bonds is 6. The molecule has 136 valence electrons. The molecule has 2 aromatic heterocycles. The van der Waals surface area contributed by atoms with Gasteiger partial charge in [0.05, 0.1) is 17.3 Å². The Labute approximate surface area is 159 Å². The minimum Gasteiger partial charge on any atom is -0.308 e. The van der Waals surface area contributed by atoms with E-state index in [-0.39, 0.29) is 24.0 Å². The van der Waals surface area contributed by atoms with E-state index in [9.17, 15) is 9.18 Å². The molecule has 9 heteroatoms. The van der Waals surface area contributed by atoms with Gasteiger partial charge in [0.25, 0.3) is 0 Å². The van der Waals surface area contributed by atoms with E-state index in [0.29, 0.717) is 28.8 Å². The van der Waals surface area contributed by atoms with Crippen LogP contribution in [0.3, 0.4) is 0 Å². The number of hydrogen-bond acceptors (Lipinski definition) is 3. The van der Waals surface area contributed by atoms with Gasteiger partial charge in [0.15, 0.2) is 5.82 Å². The fraction of sp³-hybridized carbons (Fsp3) is 0.235. The standard InChI is InChI=1S/C17H16Cl2FN5O/c1-11-14(18)9-24(22-11)6-5-16(26)21-17-15(19)10-25(23-17)8-12-3-2-4-13(20)7-12/h2-4,7,9-10H,5-6,8H2,1H3,(H,21,23,26). The number of amides is 1. The number of nitrogens with one attached hydrogen (secondary N) is 1. The zero-order chi connectivity index (χ0) is 18.7. The Morgan fingerprint density at radius 3 is 2.65 bits per heavy atom. The van der Waals surface area contributed by atoms with E-state index in [1.54, 1.807) is 40.8 Å². The Hall–Kier alpha value is -2.38. The van der Waals surface area contributed by atoms with Crippen LogP contribution in [0.4, 0.5) is 10.2 Å². The summed E-state index contributed by atoms with van der Waals surface area (Å²) in [4.78, 5) is 12.1. The zero-order valence-electron chi connectivity index (χ0n) is 13.9. The number of hydrogen-bond donors (Lipinski definition) is 1. The summed E-state index contributed by atoms with van der Waals surface area (Å²) in [5.74, 6) is -0.293. The van der Waals surface area contributed by atoms with Gasteiger partial charge in [0.1, 0.15) is 10.8 Å². The molecule has 3 rings (SSSR count). The predicted octanol–water partition coefficient (Wildman–Crippen LogP) is 3.91. The molecule has 0 saturated heterocycles. The molecule has 0 radical (unpaired) electrons. The van der Waals surface area contributed by atoms with Crippen LogP contribution in [-0.4, -0.2) is 25.5 Å². The van der Waals surface area contributed by atoms with E-state index in [1.807, 2.05) is 0 Å². The fourth-order valence-corrected chi connectivity index (χ4v) is 2.75. The molecule has 0 unspecified atom stereocenters. The van der Waals surface area contributed by atoms with Crippen LogP contribution in [0.2, 0.25) is 10.0 Å². The third-order valence-electron chi connectivity index (χ3n) is 3.66. The van der Waals surface area contributed by atoms with Crippen LogP contribution in [0.25, 0.3) is 0 Å². The average molecular weight is 396 g/mol. The van der Waals surface area contributed by atoms with Crippen molar-refractivity contribution >= 4 is 34.9 Å². The second-order valence-corrected chi connectivity index (χ2v) is 6.59. The van der Waals surface area contributed by atoms with Gasteiger partial charge in [0, 0.05) is 25.4 Å². The van der Waals surface area contributed by atoms with E-state index < -0.39 is 0 Å². The van der Waals surface area contributed by atoms with Gasteiger partial charge in [-0.05, 0) is 24.6 Å². The molecule has 3 aromatic rings. The molecule has 0 bridgehead atoms. The second-order valence-electron chi connectivity index (χ2n) is 5.78. The molecule has 2 heterocycles. The van der Waals surface area contributed by atoms with Crippen molar-refractivity contribution in [2.75, 3.05) is 5.32 Å². The van der Waals surface area contributed by atoms with Gasteiger partial charge in [-0.25, -0.2) is 4.39 Å². The number of nitrogens with zero attached hydrogens (tertiary/aromatic N) is 4. The number of halogens is 3. The highest BCUT2D eigenvalue weighted by atomic mass is 35.5. The van der Waals surface area contributed by atoms with Crippen molar-refractivity contribution < 1.29 is 9.18 Å². The maximum Gasteiger partial charge on any atom is 0.227 e. The molecule has 0 fully saturated rings. The Kier molecular flexibility index (Phi) is 5.58. The van der Waals surface area contributed by atoms with Crippen LogP contribution in [-0.2, 0) is 17.9 Å². The number of benzene rings is 1. The highest BCUT2D eigenvalue weighted by molar-refractivity contribution is 6.33. The quantitative estimate of drug-likeness (QED) is 0.687. The lowest BCUT2D eigenvalue weighted by molar-refractivity contribution is -0.116. The fourth-order valence-electron chi connectivity index (χ4n) is 2.40. The van der Waals surface area contributed by atoms with Gasteiger partial charge in [-0.15, -0.1) is 0 Å². The van der Waals surface area contributed by atoms with Crippen molar-refractivity contribution in [3.63, 3.8) is 0 Å². The van der Waals surface area contributed by atoms with Crippen LogP contribution in [0.15, 0.2) is 36.7 Å². The van der Waals surface area contributed by atoms with E-state index in [2.05, 4.69) is 15.5 Å². The van der Waals surface area contributed by atoms with Crippen LogP contribution in [0, 0.1) is 12.7 Å². The molecule has 0 spiro atoms. The van der Waals surface area contributed by atoms with Crippen LogP contribution >= 0.6 is 23.2 Å². The lowest BCUT2D eigenvalue weighted by Crippen LogP contribution is -2.15. The Balaban J connectivity index is 1.59. The Morgan fingerprint density at radius 1 is 1.19 bits per heavy atom. The molecule has 6 nitrogen and oxygen atoms in total. The SMILES string of the molecule is Cc1nn(CCC(=O)Nc2nn(Cc3cccc(F)c3)cc2Cl)cc1Cl. The van der Waals surface area contributed by atoms with Gasteiger partial charge in [-0.1, -0.05) is 35.3 Å². The van der Waals surface area contributed by atoms with Gasteiger partial charge in [-0.3, -0.25) is 14.2 Å². The lowest BCUT2D eigenvalue weighted by Gasteiger charge is -2.04. The van der Waals surface area contributed by atoms with Crippen molar-refractivity contribution in [1.29, 1.82) is 0 Å². The number of aromatic nitrogens is 4. The Bertz CT molecular complexity index is 918. The molecule has 0 atom stereocenters. The van der Waals surface area contributed by atoms with Crippen LogP contribution in [0.1, 0.15) is 17.7 Å². The topological polar surface area (TPSA) is 64.7 Å². The summed E-state index contributed by atoms with van der Waals surface area (Å²) in [6, 6.07) is 6.21. The van der Waals surface area contributed by atoms with Crippen molar-refractivity contribution in [3.8, 4) is 0 Å². The second kappa shape index (κ2) is 7.88. The van der Waals surface area contributed by atoms with E-state index in [0.717, 1.165) is 5.56 Å². The largest absolute Gasteiger partial charge is 0.308 e.